The van der Waals surface area contributed by atoms with Gasteiger partial charge in [0.2, 0.25) is 0 Å². The monoisotopic (exact) mass is 259 g/mol. The first kappa shape index (κ1) is 14.9. The molecule has 0 fully saturated rings. The van der Waals surface area contributed by atoms with E-state index in [0.29, 0.717) is 5.15 Å². The molecule has 0 bridgehead atoms. The Balaban J connectivity index is 0.000000673. The van der Waals surface area contributed by atoms with Crippen LogP contribution in [0.4, 0.5) is 0 Å². The third-order valence-corrected chi connectivity index (χ3v) is 4.04. The molecule has 1 atom stereocenters. The smallest absolute Gasteiger partial charge is 0.173 e. The second-order valence-electron chi connectivity index (χ2n) is 3.46. The average molecular weight is 260 g/mol. The van der Waals surface area contributed by atoms with Gasteiger partial charge in [-0.05, 0) is 25.5 Å². The van der Waals surface area contributed by atoms with Crippen LogP contribution < -0.4 is 5.73 Å². The predicted octanol–water partition coefficient (Wildman–Crippen LogP) is 1.77. The molecule has 0 spiro atoms. The first-order valence-electron chi connectivity index (χ1n) is 4.41. The van der Waals surface area contributed by atoms with Gasteiger partial charge in [-0.25, -0.2) is 4.98 Å². The van der Waals surface area contributed by atoms with Crippen molar-refractivity contribution in [2.45, 2.75) is 18.6 Å². The van der Waals surface area contributed by atoms with Gasteiger partial charge in [-0.2, -0.15) is 5.26 Å². The minimum absolute atomic E-state index is 0.364. The number of halogens is 1. The highest BCUT2D eigenvalue weighted by molar-refractivity contribution is 7.85. The van der Waals surface area contributed by atoms with E-state index < -0.39 is 10.8 Å². The van der Waals surface area contributed by atoms with E-state index >= 15 is 0 Å². The van der Waals surface area contributed by atoms with Crippen LogP contribution in [0.15, 0.2) is 18.3 Å². The fourth-order valence-electron chi connectivity index (χ4n) is 0.898. The van der Waals surface area contributed by atoms with Crippen molar-refractivity contribution in [1.29, 1.82) is 5.26 Å². The largest absolute Gasteiger partial charge is 0.337 e. The molecule has 0 saturated carbocycles. The summed E-state index contributed by atoms with van der Waals surface area (Å²) in [6.45, 7) is 3.85. The molecule has 0 amide bonds. The zero-order valence-corrected chi connectivity index (χ0v) is 11.0. The van der Waals surface area contributed by atoms with Gasteiger partial charge in [-0.3, -0.25) is 4.21 Å². The Kier molecular flexibility index (Phi) is 6.01. The van der Waals surface area contributed by atoms with E-state index in [1.54, 1.807) is 18.5 Å². The Morgan fingerprint density at radius 3 is 2.38 bits per heavy atom. The minimum Gasteiger partial charge on any atom is -0.337 e. The highest BCUT2D eigenvalue weighted by atomic mass is 35.5. The Morgan fingerprint density at radius 2 is 2.06 bits per heavy atom. The van der Waals surface area contributed by atoms with Crippen LogP contribution in [0, 0.1) is 11.5 Å². The molecule has 4 nitrogen and oxygen atoms in total. The summed E-state index contributed by atoms with van der Waals surface area (Å²) in [4.78, 5) is 3.96. The summed E-state index contributed by atoms with van der Waals surface area (Å²) in [5.41, 5.74) is 5.10. The molecule has 1 heterocycles. The van der Waals surface area contributed by atoms with Gasteiger partial charge in [0, 0.05) is 23.3 Å². The minimum atomic E-state index is -0.917. The van der Waals surface area contributed by atoms with Crippen molar-refractivity contribution >= 4 is 22.4 Å². The lowest BCUT2D eigenvalue weighted by atomic mass is 10.1. The number of rotatable bonds is 2. The van der Waals surface area contributed by atoms with Gasteiger partial charge in [0.05, 0.1) is 4.75 Å². The summed E-state index contributed by atoms with van der Waals surface area (Å²) in [6, 6.07) is 3.57. The third kappa shape index (κ3) is 4.17. The van der Waals surface area contributed by atoms with Crippen molar-refractivity contribution in [2.75, 3.05) is 6.26 Å². The van der Waals surface area contributed by atoms with Crippen molar-refractivity contribution < 1.29 is 4.21 Å². The molecule has 0 aromatic carbocycles. The number of nitrogens with zero attached hydrogens (tertiary/aromatic N) is 2. The van der Waals surface area contributed by atoms with E-state index in [1.165, 1.54) is 6.19 Å². The zero-order valence-electron chi connectivity index (χ0n) is 9.40. The Bertz CT molecular complexity index is 398. The van der Waals surface area contributed by atoms with Gasteiger partial charge in [0.15, 0.2) is 6.19 Å². The van der Waals surface area contributed by atoms with Gasteiger partial charge in [0.1, 0.15) is 5.15 Å². The van der Waals surface area contributed by atoms with Crippen LogP contribution in [-0.2, 0) is 15.5 Å². The first-order chi connectivity index (χ1) is 7.36. The molecule has 0 aliphatic rings. The Hall–Kier alpha value is -1.12. The van der Waals surface area contributed by atoms with Crippen LogP contribution in [-0.4, -0.2) is 15.4 Å². The van der Waals surface area contributed by atoms with E-state index in [4.69, 9.17) is 16.9 Å². The molecule has 0 aliphatic carbocycles. The lowest BCUT2D eigenvalue weighted by molar-refractivity contribution is 0.647. The number of pyridine rings is 1. The molecule has 1 unspecified atom stereocenters. The number of nitrogens with two attached hydrogens (primary N) is 1. The molecule has 1 aromatic heterocycles. The fraction of sp³-hybridized carbons (Fsp3) is 0.400. The highest BCUT2D eigenvalue weighted by Gasteiger charge is 2.25. The fourth-order valence-corrected chi connectivity index (χ4v) is 1.46. The van der Waals surface area contributed by atoms with Gasteiger partial charge < -0.3 is 5.73 Å². The van der Waals surface area contributed by atoms with E-state index in [9.17, 15) is 4.21 Å². The number of nitriles is 1. The van der Waals surface area contributed by atoms with E-state index in [1.807, 2.05) is 19.9 Å². The van der Waals surface area contributed by atoms with Gasteiger partial charge in [-0.1, -0.05) is 17.7 Å². The van der Waals surface area contributed by atoms with Gasteiger partial charge in [-0.15, -0.1) is 0 Å². The summed E-state index contributed by atoms with van der Waals surface area (Å²) in [5, 5.41) is 7.56. The first-order valence-corrected chi connectivity index (χ1v) is 6.35. The van der Waals surface area contributed by atoms with Crippen molar-refractivity contribution in [3.63, 3.8) is 0 Å². The lowest BCUT2D eigenvalue weighted by Gasteiger charge is -2.21. The van der Waals surface area contributed by atoms with Crippen LogP contribution in [0.2, 0.25) is 5.15 Å². The number of hydrogen-bond acceptors (Lipinski definition) is 4. The molecule has 16 heavy (non-hydrogen) atoms. The van der Waals surface area contributed by atoms with Gasteiger partial charge >= 0.3 is 0 Å². The molecule has 2 N–H and O–H groups in total. The molecule has 1 rings (SSSR count). The molecule has 1 aromatic rings. The topological polar surface area (TPSA) is 79.8 Å². The SMILES string of the molecule is CS(=O)C(C)(C)c1ccc(Cl)nc1.N#CN. The molecule has 0 saturated heterocycles. The quantitative estimate of drug-likeness (QED) is 0.499. The van der Waals surface area contributed by atoms with Crippen molar-refractivity contribution in [2.24, 2.45) is 5.73 Å². The van der Waals surface area contributed by atoms with Crippen LogP contribution in [0.25, 0.3) is 0 Å². The summed E-state index contributed by atoms with van der Waals surface area (Å²) in [6.07, 6.45) is 4.61. The van der Waals surface area contributed by atoms with Crippen LogP contribution in [0.3, 0.4) is 0 Å². The van der Waals surface area contributed by atoms with E-state index in [2.05, 4.69) is 10.7 Å². The normalized spacial score (nSPS) is 11.9. The predicted molar refractivity (Wildman–Crippen MR) is 66.1 cm³/mol. The van der Waals surface area contributed by atoms with Crippen LogP contribution in [0.1, 0.15) is 19.4 Å². The third-order valence-electron chi connectivity index (χ3n) is 2.14. The average Bonchev–Trinajstić information content (AvgIpc) is 2.19. The van der Waals surface area contributed by atoms with Crippen molar-refractivity contribution in [3.8, 4) is 6.19 Å². The molecule has 88 valence electrons. The lowest BCUT2D eigenvalue weighted by Crippen LogP contribution is -2.22. The van der Waals surface area contributed by atoms with Gasteiger partial charge in [0.25, 0.3) is 0 Å². The standard InChI is InChI=1S/C9H12ClNOS.CH2N2/c1-9(2,13(3)12)7-4-5-8(10)11-6-7;2-1-3/h4-6H,1-3H3;2H2. The maximum Gasteiger partial charge on any atom is 0.173 e. The second-order valence-corrected chi connectivity index (χ2v) is 5.78. The number of aromatic nitrogens is 1. The van der Waals surface area contributed by atoms with Crippen molar-refractivity contribution in [3.05, 3.63) is 29.0 Å². The maximum absolute atomic E-state index is 11.4. The van der Waals surface area contributed by atoms with E-state index in [0.717, 1.165) is 5.56 Å². The molecule has 0 aliphatic heterocycles. The molecule has 0 radical (unpaired) electrons. The Labute approximate surface area is 103 Å². The zero-order chi connectivity index (χ0) is 12.8. The maximum atomic E-state index is 11.4. The number of hydrogen-bond donors (Lipinski definition) is 1. The summed E-state index contributed by atoms with van der Waals surface area (Å²) in [5.74, 6) is 0. The summed E-state index contributed by atoms with van der Waals surface area (Å²) < 4.78 is 11.0. The summed E-state index contributed by atoms with van der Waals surface area (Å²) >= 11 is 5.65. The van der Waals surface area contributed by atoms with Crippen molar-refractivity contribution in [1.82, 2.24) is 4.98 Å². The molecular weight excluding hydrogens is 246 g/mol. The van der Waals surface area contributed by atoms with E-state index in [-0.39, 0.29) is 4.75 Å². The van der Waals surface area contributed by atoms with Crippen LogP contribution >= 0.6 is 11.6 Å². The van der Waals surface area contributed by atoms with Crippen LogP contribution in [0.5, 0.6) is 0 Å². The summed E-state index contributed by atoms with van der Waals surface area (Å²) in [7, 11) is -0.917. The second kappa shape index (κ2) is 6.46. The molecular formula is C10H14ClN3OS. The Morgan fingerprint density at radius 1 is 1.56 bits per heavy atom. The molecule has 6 heteroatoms. The highest BCUT2D eigenvalue weighted by Crippen LogP contribution is 2.25.